The number of nitrogens with zero attached hydrogens (tertiary/aromatic N) is 2. The van der Waals surface area contributed by atoms with Gasteiger partial charge in [0.2, 0.25) is 21.8 Å². The van der Waals surface area contributed by atoms with Gasteiger partial charge in [0.05, 0.1) is 19.1 Å². The summed E-state index contributed by atoms with van der Waals surface area (Å²) in [5, 5.41) is 2.82. The van der Waals surface area contributed by atoms with Crippen molar-refractivity contribution >= 4 is 27.5 Å². The second-order valence-electron chi connectivity index (χ2n) is 8.40. The lowest BCUT2D eigenvalue weighted by atomic mass is 10.1. The number of ether oxygens (including phenoxy) is 1. The van der Waals surface area contributed by atoms with Crippen LogP contribution in [-0.4, -0.2) is 57.6 Å². The Labute approximate surface area is 202 Å². The van der Waals surface area contributed by atoms with Gasteiger partial charge in [0.1, 0.15) is 18.3 Å². The molecule has 0 unspecified atom stereocenters. The summed E-state index contributed by atoms with van der Waals surface area (Å²) in [6.45, 7) is 7.48. The fourth-order valence-corrected chi connectivity index (χ4v) is 4.39. The lowest BCUT2D eigenvalue weighted by molar-refractivity contribution is -0.139. The summed E-state index contributed by atoms with van der Waals surface area (Å²) >= 11 is 0. The van der Waals surface area contributed by atoms with Gasteiger partial charge in [0.25, 0.3) is 0 Å². The van der Waals surface area contributed by atoms with Gasteiger partial charge in [-0.3, -0.25) is 13.9 Å². The summed E-state index contributed by atoms with van der Waals surface area (Å²) in [6, 6.07) is 11.8. The lowest BCUT2D eigenvalue weighted by Crippen LogP contribution is -2.51. The van der Waals surface area contributed by atoms with E-state index in [0.717, 1.165) is 33.7 Å². The second kappa shape index (κ2) is 11.9. The highest BCUT2D eigenvalue weighted by atomic mass is 32.2. The molecule has 0 saturated carbocycles. The number of benzene rings is 2. The van der Waals surface area contributed by atoms with Crippen LogP contribution < -0.4 is 14.4 Å². The molecule has 8 nitrogen and oxygen atoms in total. The molecule has 0 aromatic heterocycles. The molecular formula is C25H35N3O5S. The van der Waals surface area contributed by atoms with Crippen molar-refractivity contribution in [3.63, 3.8) is 0 Å². The first kappa shape index (κ1) is 27.2. The minimum Gasteiger partial charge on any atom is -0.497 e. The van der Waals surface area contributed by atoms with Crippen LogP contribution in [0.15, 0.2) is 42.5 Å². The van der Waals surface area contributed by atoms with Gasteiger partial charge < -0.3 is 15.0 Å². The highest BCUT2D eigenvalue weighted by molar-refractivity contribution is 7.92. The summed E-state index contributed by atoms with van der Waals surface area (Å²) in [5.41, 5.74) is 2.86. The molecular weight excluding hydrogens is 454 g/mol. The Morgan fingerprint density at radius 3 is 2.29 bits per heavy atom. The van der Waals surface area contributed by atoms with E-state index in [1.807, 2.05) is 38.1 Å². The Morgan fingerprint density at radius 2 is 1.74 bits per heavy atom. The topological polar surface area (TPSA) is 96.0 Å². The molecule has 0 bridgehead atoms. The summed E-state index contributed by atoms with van der Waals surface area (Å²) < 4.78 is 31.7. The summed E-state index contributed by atoms with van der Waals surface area (Å²) in [7, 11) is -2.19. The average Bonchev–Trinajstić information content (AvgIpc) is 2.80. The quantitative estimate of drug-likeness (QED) is 0.523. The Morgan fingerprint density at radius 1 is 1.09 bits per heavy atom. The van der Waals surface area contributed by atoms with Crippen molar-refractivity contribution in [3.8, 4) is 5.75 Å². The zero-order chi connectivity index (χ0) is 25.5. The van der Waals surface area contributed by atoms with Gasteiger partial charge in [-0.2, -0.15) is 0 Å². The van der Waals surface area contributed by atoms with E-state index in [1.165, 1.54) is 4.90 Å². The minimum atomic E-state index is -3.76. The molecule has 0 spiro atoms. The Balaban J connectivity index is 2.40. The second-order valence-corrected chi connectivity index (χ2v) is 10.3. The molecule has 2 aromatic rings. The molecule has 186 valence electrons. The number of rotatable bonds is 11. The molecule has 0 heterocycles. The number of hydrogen-bond donors (Lipinski definition) is 1. The summed E-state index contributed by atoms with van der Waals surface area (Å²) in [5.74, 6) is -0.0869. The highest BCUT2D eigenvalue weighted by Gasteiger charge is 2.30. The number of nitrogens with one attached hydrogen (secondary N) is 1. The van der Waals surface area contributed by atoms with Crippen LogP contribution >= 0.6 is 0 Å². The van der Waals surface area contributed by atoms with E-state index in [2.05, 4.69) is 5.32 Å². The maximum absolute atomic E-state index is 13.5. The molecule has 0 fully saturated rings. The van der Waals surface area contributed by atoms with Crippen molar-refractivity contribution in [1.29, 1.82) is 0 Å². The monoisotopic (exact) mass is 489 g/mol. The van der Waals surface area contributed by atoms with Crippen molar-refractivity contribution < 1.29 is 22.7 Å². The maximum atomic E-state index is 13.5. The van der Waals surface area contributed by atoms with Gasteiger partial charge in [0, 0.05) is 13.1 Å². The van der Waals surface area contributed by atoms with Crippen LogP contribution in [0.5, 0.6) is 5.75 Å². The molecule has 2 amide bonds. The van der Waals surface area contributed by atoms with Crippen LogP contribution in [0.1, 0.15) is 37.0 Å². The number of sulfonamides is 1. The van der Waals surface area contributed by atoms with Gasteiger partial charge in [0.15, 0.2) is 0 Å². The van der Waals surface area contributed by atoms with Gasteiger partial charge in [-0.25, -0.2) is 8.42 Å². The van der Waals surface area contributed by atoms with Crippen LogP contribution in [-0.2, 0) is 26.2 Å². The zero-order valence-corrected chi connectivity index (χ0v) is 21.6. The Kier molecular flexibility index (Phi) is 9.49. The molecule has 34 heavy (non-hydrogen) atoms. The molecule has 2 aromatic carbocycles. The standard InChI is InChI=1S/C25H35N3O5S/c1-7-14-26-25(30)20(4)27(16-21-10-12-22(33-5)13-11-21)24(29)17-28(34(6,31)32)23-15-18(2)8-9-19(23)3/h8-13,15,20H,7,14,16-17H2,1-6H3,(H,26,30)/t20-/m1/s1. The predicted octanol–water partition coefficient (Wildman–Crippen LogP) is 3.02. The zero-order valence-electron chi connectivity index (χ0n) is 20.8. The fraction of sp³-hybridized carbons (Fsp3) is 0.440. The number of aryl methyl sites for hydroxylation is 2. The normalized spacial score (nSPS) is 12.1. The molecule has 1 atom stereocenters. The molecule has 0 aliphatic carbocycles. The third-order valence-corrected chi connectivity index (χ3v) is 6.67. The number of carbonyl (C=O) groups excluding carboxylic acids is 2. The van der Waals surface area contributed by atoms with E-state index in [9.17, 15) is 18.0 Å². The van der Waals surface area contributed by atoms with Crippen molar-refractivity contribution in [1.82, 2.24) is 10.2 Å². The predicted molar refractivity (Wildman–Crippen MR) is 134 cm³/mol. The molecule has 0 saturated heterocycles. The van der Waals surface area contributed by atoms with Crippen molar-refractivity contribution in [2.24, 2.45) is 0 Å². The largest absolute Gasteiger partial charge is 0.497 e. The van der Waals surface area contributed by atoms with Crippen molar-refractivity contribution in [3.05, 3.63) is 59.2 Å². The molecule has 0 radical (unpaired) electrons. The van der Waals surface area contributed by atoms with E-state index in [4.69, 9.17) is 4.74 Å². The third kappa shape index (κ3) is 7.21. The van der Waals surface area contributed by atoms with Crippen LogP contribution in [0.2, 0.25) is 0 Å². The van der Waals surface area contributed by atoms with E-state index in [1.54, 1.807) is 39.2 Å². The number of anilines is 1. The summed E-state index contributed by atoms with van der Waals surface area (Å²) in [4.78, 5) is 27.7. The first-order valence-corrected chi connectivity index (χ1v) is 13.1. The fourth-order valence-electron chi connectivity index (χ4n) is 3.49. The number of hydrogen-bond acceptors (Lipinski definition) is 5. The van der Waals surface area contributed by atoms with Crippen LogP contribution in [0.3, 0.4) is 0 Å². The number of carbonyl (C=O) groups is 2. The number of amides is 2. The first-order valence-electron chi connectivity index (χ1n) is 11.2. The van der Waals surface area contributed by atoms with Gasteiger partial charge >= 0.3 is 0 Å². The Hall–Kier alpha value is -3.07. The van der Waals surface area contributed by atoms with Crippen LogP contribution in [0.25, 0.3) is 0 Å². The van der Waals surface area contributed by atoms with Gasteiger partial charge in [-0.1, -0.05) is 31.2 Å². The molecule has 0 aliphatic heterocycles. The van der Waals surface area contributed by atoms with E-state index >= 15 is 0 Å². The molecule has 0 aliphatic rings. The van der Waals surface area contributed by atoms with Crippen LogP contribution in [0, 0.1) is 13.8 Å². The van der Waals surface area contributed by atoms with Gasteiger partial charge in [-0.05, 0) is 62.1 Å². The maximum Gasteiger partial charge on any atom is 0.244 e. The smallest absolute Gasteiger partial charge is 0.244 e. The van der Waals surface area contributed by atoms with Crippen LogP contribution in [0.4, 0.5) is 5.69 Å². The third-order valence-electron chi connectivity index (χ3n) is 5.54. The van der Waals surface area contributed by atoms with E-state index < -0.39 is 28.5 Å². The van der Waals surface area contributed by atoms with E-state index in [0.29, 0.717) is 18.0 Å². The summed E-state index contributed by atoms with van der Waals surface area (Å²) in [6.07, 6.45) is 1.84. The Bertz CT molecular complexity index is 1100. The van der Waals surface area contributed by atoms with Crippen molar-refractivity contribution in [2.45, 2.75) is 46.7 Å². The number of methoxy groups -OCH3 is 1. The average molecular weight is 490 g/mol. The molecule has 9 heteroatoms. The first-order chi connectivity index (χ1) is 16.0. The lowest BCUT2D eigenvalue weighted by Gasteiger charge is -2.32. The molecule has 1 N–H and O–H groups in total. The van der Waals surface area contributed by atoms with E-state index in [-0.39, 0.29) is 12.5 Å². The molecule has 2 rings (SSSR count). The minimum absolute atomic E-state index is 0.147. The SMILES string of the molecule is CCCNC(=O)[C@@H](C)N(Cc1ccc(OC)cc1)C(=O)CN(c1cc(C)ccc1C)S(C)(=O)=O. The highest BCUT2D eigenvalue weighted by Crippen LogP contribution is 2.24. The van der Waals surface area contributed by atoms with Crippen molar-refractivity contribution in [2.75, 3.05) is 30.8 Å². The van der Waals surface area contributed by atoms with Gasteiger partial charge in [-0.15, -0.1) is 0 Å².